The van der Waals surface area contributed by atoms with Crippen LogP contribution in [0.5, 0.6) is 0 Å². The van der Waals surface area contributed by atoms with E-state index in [-0.39, 0.29) is 12.1 Å². The SMILES string of the molecule is Cc1ccc(CNC(=O)NC2CCCC2(C)C(=O)O)cn1. The average Bonchev–Trinajstić information content (AvgIpc) is 2.81. The van der Waals surface area contributed by atoms with Gasteiger partial charge in [-0.25, -0.2) is 4.79 Å². The van der Waals surface area contributed by atoms with Gasteiger partial charge in [-0.3, -0.25) is 9.78 Å². The normalized spacial score (nSPS) is 24.6. The molecule has 2 unspecified atom stereocenters. The Balaban J connectivity index is 1.87. The third kappa shape index (κ3) is 3.51. The van der Waals surface area contributed by atoms with Crippen LogP contribution in [0.25, 0.3) is 0 Å². The van der Waals surface area contributed by atoms with Crippen molar-refractivity contribution in [2.45, 2.75) is 45.7 Å². The number of carboxylic acids is 1. The van der Waals surface area contributed by atoms with Crippen molar-refractivity contribution in [3.8, 4) is 0 Å². The maximum Gasteiger partial charge on any atom is 0.315 e. The summed E-state index contributed by atoms with van der Waals surface area (Å²) in [5.74, 6) is -0.854. The van der Waals surface area contributed by atoms with E-state index in [1.165, 1.54) is 0 Å². The topological polar surface area (TPSA) is 91.3 Å². The van der Waals surface area contributed by atoms with Gasteiger partial charge in [-0.15, -0.1) is 0 Å². The van der Waals surface area contributed by atoms with Gasteiger partial charge in [0.25, 0.3) is 0 Å². The summed E-state index contributed by atoms with van der Waals surface area (Å²) in [5, 5.41) is 14.8. The smallest absolute Gasteiger partial charge is 0.315 e. The number of urea groups is 1. The van der Waals surface area contributed by atoms with Gasteiger partial charge in [0.15, 0.2) is 0 Å². The maximum absolute atomic E-state index is 11.9. The van der Waals surface area contributed by atoms with Gasteiger partial charge in [0.05, 0.1) is 5.41 Å². The molecular weight excluding hydrogens is 270 g/mol. The summed E-state index contributed by atoms with van der Waals surface area (Å²) in [6, 6.07) is 3.12. The Kier molecular flexibility index (Phi) is 4.45. The van der Waals surface area contributed by atoms with E-state index in [1.54, 1.807) is 13.1 Å². The first kappa shape index (κ1) is 15.3. The molecule has 2 rings (SSSR count). The molecule has 0 spiro atoms. The quantitative estimate of drug-likeness (QED) is 0.789. The lowest BCUT2D eigenvalue weighted by atomic mass is 9.85. The standard InChI is InChI=1S/C15H21N3O3/c1-10-5-6-11(8-16-10)9-17-14(21)18-12-4-3-7-15(12,2)13(19)20/h5-6,8,12H,3-4,7,9H2,1-2H3,(H,19,20)(H2,17,18,21). The van der Waals surface area contributed by atoms with Crippen LogP contribution in [0.3, 0.4) is 0 Å². The van der Waals surface area contributed by atoms with Crippen molar-refractivity contribution in [2.24, 2.45) is 5.41 Å². The molecule has 114 valence electrons. The Morgan fingerprint density at radius 3 is 2.86 bits per heavy atom. The summed E-state index contributed by atoms with van der Waals surface area (Å²) >= 11 is 0. The van der Waals surface area contributed by atoms with Crippen LogP contribution in [0.1, 0.15) is 37.4 Å². The summed E-state index contributed by atoms with van der Waals surface area (Å²) in [6.45, 7) is 3.96. The minimum Gasteiger partial charge on any atom is -0.481 e. The first-order valence-corrected chi connectivity index (χ1v) is 7.11. The van der Waals surface area contributed by atoms with E-state index in [1.807, 2.05) is 19.1 Å². The zero-order chi connectivity index (χ0) is 15.5. The first-order valence-electron chi connectivity index (χ1n) is 7.11. The van der Waals surface area contributed by atoms with Crippen LogP contribution < -0.4 is 10.6 Å². The fraction of sp³-hybridized carbons (Fsp3) is 0.533. The van der Waals surface area contributed by atoms with Gasteiger partial charge in [0.1, 0.15) is 0 Å². The van der Waals surface area contributed by atoms with Crippen molar-refractivity contribution in [3.05, 3.63) is 29.6 Å². The molecule has 0 aliphatic heterocycles. The number of aromatic nitrogens is 1. The third-order valence-corrected chi connectivity index (χ3v) is 4.18. The molecule has 0 radical (unpaired) electrons. The number of carbonyl (C=O) groups excluding carboxylic acids is 1. The van der Waals surface area contributed by atoms with Crippen molar-refractivity contribution in [2.75, 3.05) is 0 Å². The summed E-state index contributed by atoms with van der Waals surface area (Å²) in [7, 11) is 0. The van der Waals surface area contributed by atoms with E-state index in [9.17, 15) is 14.7 Å². The Hall–Kier alpha value is -2.11. The van der Waals surface area contributed by atoms with E-state index in [0.717, 1.165) is 17.7 Å². The molecule has 3 N–H and O–H groups in total. The molecule has 2 amide bonds. The van der Waals surface area contributed by atoms with Gasteiger partial charge in [0, 0.05) is 24.5 Å². The van der Waals surface area contributed by atoms with Crippen molar-refractivity contribution in [1.82, 2.24) is 15.6 Å². The molecule has 1 aliphatic carbocycles. The lowest BCUT2D eigenvalue weighted by Gasteiger charge is -2.27. The zero-order valence-electron chi connectivity index (χ0n) is 12.3. The average molecular weight is 291 g/mol. The summed E-state index contributed by atoms with van der Waals surface area (Å²) in [4.78, 5) is 27.4. The van der Waals surface area contributed by atoms with E-state index in [2.05, 4.69) is 15.6 Å². The highest BCUT2D eigenvalue weighted by Crippen LogP contribution is 2.38. The zero-order valence-corrected chi connectivity index (χ0v) is 12.3. The van der Waals surface area contributed by atoms with Crippen LogP contribution in [0.4, 0.5) is 4.79 Å². The number of rotatable bonds is 4. The molecule has 0 saturated heterocycles. The van der Waals surface area contributed by atoms with Crippen LogP contribution in [-0.2, 0) is 11.3 Å². The van der Waals surface area contributed by atoms with Crippen molar-refractivity contribution in [3.63, 3.8) is 0 Å². The minimum absolute atomic E-state index is 0.328. The second-order valence-corrected chi connectivity index (χ2v) is 5.80. The number of aryl methyl sites for hydroxylation is 1. The number of hydrogen-bond donors (Lipinski definition) is 3. The molecule has 21 heavy (non-hydrogen) atoms. The van der Waals surface area contributed by atoms with Crippen LogP contribution in [0, 0.1) is 12.3 Å². The second-order valence-electron chi connectivity index (χ2n) is 5.80. The van der Waals surface area contributed by atoms with Crippen molar-refractivity contribution >= 4 is 12.0 Å². The van der Waals surface area contributed by atoms with Crippen LogP contribution in [-0.4, -0.2) is 28.1 Å². The van der Waals surface area contributed by atoms with Gasteiger partial charge in [-0.2, -0.15) is 0 Å². The van der Waals surface area contributed by atoms with E-state index >= 15 is 0 Å². The van der Waals surface area contributed by atoms with Gasteiger partial charge in [-0.1, -0.05) is 12.5 Å². The number of nitrogens with one attached hydrogen (secondary N) is 2. The minimum atomic E-state index is -0.872. The molecule has 1 aromatic rings. The van der Waals surface area contributed by atoms with Gasteiger partial charge in [-0.05, 0) is 38.3 Å². The van der Waals surface area contributed by atoms with E-state index in [4.69, 9.17) is 0 Å². The molecule has 6 nitrogen and oxygen atoms in total. The predicted octanol–water partition coefficient (Wildman–Crippen LogP) is 1.83. The molecule has 0 aromatic carbocycles. The highest BCUT2D eigenvalue weighted by atomic mass is 16.4. The number of carboxylic acid groups (broad SMARTS) is 1. The van der Waals surface area contributed by atoms with Crippen LogP contribution in [0.2, 0.25) is 0 Å². The van der Waals surface area contributed by atoms with E-state index < -0.39 is 11.4 Å². The molecule has 6 heteroatoms. The fourth-order valence-corrected chi connectivity index (χ4v) is 2.65. The molecule has 1 aliphatic rings. The summed E-state index contributed by atoms with van der Waals surface area (Å²) < 4.78 is 0. The molecule has 1 heterocycles. The number of hydrogen-bond acceptors (Lipinski definition) is 3. The van der Waals surface area contributed by atoms with Gasteiger partial charge < -0.3 is 15.7 Å². The third-order valence-electron chi connectivity index (χ3n) is 4.18. The lowest BCUT2D eigenvalue weighted by Crippen LogP contribution is -2.50. The second kappa shape index (κ2) is 6.11. The molecule has 1 fully saturated rings. The molecule has 1 saturated carbocycles. The summed E-state index contributed by atoms with van der Waals surface area (Å²) in [5.41, 5.74) is 0.956. The lowest BCUT2D eigenvalue weighted by molar-refractivity contribution is -0.148. The number of nitrogens with zero attached hydrogens (tertiary/aromatic N) is 1. The number of amides is 2. The Labute approximate surface area is 124 Å². The van der Waals surface area contributed by atoms with Crippen LogP contribution >= 0.6 is 0 Å². The Bertz CT molecular complexity index is 529. The van der Waals surface area contributed by atoms with Crippen LogP contribution in [0.15, 0.2) is 18.3 Å². The highest BCUT2D eigenvalue weighted by Gasteiger charge is 2.45. The monoisotopic (exact) mass is 291 g/mol. The van der Waals surface area contributed by atoms with Gasteiger partial charge >= 0.3 is 12.0 Å². The molecule has 1 aromatic heterocycles. The number of carbonyl (C=O) groups is 2. The molecular formula is C15H21N3O3. The van der Waals surface area contributed by atoms with Crippen molar-refractivity contribution in [1.29, 1.82) is 0 Å². The largest absolute Gasteiger partial charge is 0.481 e. The number of aliphatic carboxylic acids is 1. The Morgan fingerprint density at radius 2 is 2.24 bits per heavy atom. The molecule has 0 bridgehead atoms. The predicted molar refractivity (Wildman–Crippen MR) is 77.7 cm³/mol. The fourth-order valence-electron chi connectivity index (χ4n) is 2.65. The van der Waals surface area contributed by atoms with Gasteiger partial charge in [0.2, 0.25) is 0 Å². The summed E-state index contributed by atoms with van der Waals surface area (Å²) in [6.07, 6.45) is 3.82. The maximum atomic E-state index is 11.9. The molecule has 2 atom stereocenters. The highest BCUT2D eigenvalue weighted by molar-refractivity contribution is 5.79. The Morgan fingerprint density at radius 1 is 1.48 bits per heavy atom. The van der Waals surface area contributed by atoms with E-state index in [0.29, 0.717) is 19.4 Å². The number of pyridine rings is 1. The first-order chi connectivity index (χ1) is 9.91. The van der Waals surface area contributed by atoms with Crippen molar-refractivity contribution < 1.29 is 14.7 Å².